The molecule has 0 fully saturated rings. The van der Waals surface area contributed by atoms with E-state index in [0.717, 1.165) is 66.6 Å². The lowest BCUT2D eigenvalue weighted by atomic mass is 9.93. The van der Waals surface area contributed by atoms with Gasteiger partial charge in [-0.2, -0.15) is 9.97 Å². The van der Waals surface area contributed by atoms with E-state index in [9.17, 15) is 0 Å². The molecule has 10 rings (SSSR count). The molecule has 3 aromatic heterocycles. The molecule has 1 aliphatic rings. The molecule has 51 heavy (non-hydrogen) atoms. The molecular formula is C45H28N6. The topological polar surface area (TPSA) is 67.7 Å². The van der Waals surface area contributed by atoms with Crippen molar-refractivity contribution in [3.63, 3.8) is 0 Å². The molecular weight excluding hydrogens is 625 g/mol. The van der Waals surface area contributed by atoms with Crippen LogP contribution in [0.4, 0.5) is 17.3 Å². The largest absolute Gasteiger partial charge is 0.276 e. The van der Waals surface area contributed by atoms with E-state index in [4.69, 9.17) is 24.9 Å². The van der Waals surface area contributed by atoms with Crippen LogP contribution in [0.5, 0.6) is 0 Å². The number of hydrogen-bond acceptors (Lipinski definition) is 6. The van der Waals surface area contributed by atoms with Crippen LogP contribution in [-0.2, 0) is 0 Å². The van der Waals surface area contributed by atoms with E-state index >= 15 is 0 Å². The fraction of sp³-hybridized carbons (Fsp3) is 0. The fourth-order valence-electron chi connectivity index (χ4n) is 7.09. The molecule has 0 aliphatic carbocycles. The summed E-state index contributed by atoms with van der Waals surface area (Å²) in [5.74, 6) is 1.71. The van der Waals surface area contributed by atoms with E-state index in [1.165, 1.54) is 11.1 Å². The third kappa shape index (κ3) is 4.92. The summed E-state index contributed by atoms with van der Waals surface area (Å²) >= 11 is 0. The number of pyridine rings is 2. The average molecular weight is 653 g/mol. The minimum Gasteiger partial charge on any atom is -0.276 e. The average Bonchev–Trinajstić information content (AvgIpc) is 3.22. The Morgan fingerprint density at radius 3 is 1.69 bits per heavy atom. The Bertz CT molecular complexity index is 2690. The maximum atomic E-state index is 5.33. The number of aromatic nitrogens is 5. The second kappa shape index (κ2) is 11.8. The zero-order chi connectivity index (χ0) is 33.7. The number of benzene rings is 6. The molecule has 6 nitrogen and oxygen atoms in total. The highest BCUT2D eigenvalue weighted by atomic mass is 15.3. The number of nitrogens with zero attached hydrogens (tertiary/aromatic N) is 6. The molecule has 238 valence electrons. The first kappa shape index (κ1) is 28.9. The Kier molecular flexibility index (Phi) is 6.70. The van der Waals surface area contributed by atoms with Gasteiger partial charge in [0.25, 0.3) is 0 Å². The van der Waals surface area contributed by atoms with Crippen molar-refractivity contribution in [2.45, 2.75) is 0 Å². The van der Waals surface area contributed by atoms with Crippen molar-refractivity contribution in [2.24, 2.45) is 0 Å². The summed E-state index contributed by atoms with van der Waals surface area (Å²) in [7, 11) is 0. The molecule has 4 heterocycles. The minimum absolute atomic E-state index is 0.515. The third-order valence-corrected chi connectivity index (χ3v) is 9.51. The van der Waals surface area contributed by atoms with E-state index < -0.39 is 0 Å². The van der Waals surface area contributed by atoms with Crippen LogP contribution in [0.3, 0.4) is 0 Å². The van der Waals surface area contributed by atoms with Crippen LogP contribution in [0, 0.1) is 0 Å². The fourth-order valence-corrected chi connectivity index (χ4v) is 7.09. The molecule has 6 heteroatoms. The van der Waals surface area contributed by atoms with Crippen molar-refractivity contribution >= 4 is 39.0 Å². The molecule has 0 amide bonds. The zero-order valence-corrected chi connectivity index (χ0v) is 27.3. The summed E-state index contributed by atoms with van der Waals surface area (Å²) in [6, 6.07) is 54.1. The van der Waals surface area contributed by atoms with Crippen LogP contribution in [0.1, 0.15) is 0 Å². The van der Waals surface area contributed by atoms with Crippen LogP contribution in [0.15, 0.2) is 170 Å². The summed E-state index contributed by atoms with van der Waals surface area (Å²) in [5.41, 5.74) is 11.1. The summed E-state index contributed by atoms with van der Waals surface area (Å²) in [6.45, 7) is 0. The van der Waals surface area contributed by atoms with Gasteiger partial charge in [-0.3, -0.25) is 9.88 Å². The standard InChI is InChI=1S/C45H28N6/c1-4-13-29(14-5-1)32-19-12-20-33(25-32)34-23-24-38-36(26-34)37-27-46-28-40-41(37)42(47-38)35-21-10-11-22-39(35)51(40)45-49-43(30-15-6-2-7-16-30)48-44(50-45)31-17-8-3-9-18-31/h1-28H. The molecule has 0 atom stereocenters. The third-order valence-electron chi connectivity index (χ3n) is 9.51. The van der Waals surface area contributed by atoms with E-state index in [1.54, 1.807) is 0 Å². The van der Waals surface area contributed by atoms with Gasteiger partial charge in [0.1, 0.15) is 0 Å². The highest BCUT2D eigenvalue weighted by molar-refractivity contribution is 6.19. The Morgan fingerprint density at radius 2 is 0.980 bits per heavy atom. The monoisotopic (exact) mass is 652 g/mol. The molecule has 0 bridgehead atoms. The molecule has 6 aromatic carbocycles. The first-order valence-electron chi connectivity index (χ1n) is 16.9. The molecule has 1 aliphatic heterocycles. The van der Waals surface area contributed by atoms with Gasteiger partial charge in [0, 0.05) is 39.0 Å². The molecule has 0 spiro atoms. The summed E-state index contributed by atoms with van der Waals surface area (Å²) < 4.78 is 0. The lowest BCUT2D eigenvalue weighted by Gasteiger charge is -2.31. The van der Waals surface area contributed by atoms with Gasteiger partial charge in [0.05, 0.1) is 28.8 Å². The van der Waals surface area contributed by atoms with Crippen molar-refractivity contribution in [2.75, 3.05) is 4.90 Å². The Balaban J connectivity index is 1.20. The van der Waals surface area contributed by atoms with E-state index in [1.807, 2.05) is 85.2 Å². The Hall–Kier alpha value is -7.05. The first-order chi connectivity index (χ1) is 25.3. The quantitative estimate of drug-likeness (QED) is 0.172. The summed E-state index contributed by atoms with van der Waals surface area (Å²) in [4.78, 5) is 27.4. The van der Waals surface area contributed by atoms with Gasteiger partial charge in [-0.05, 0) is 46.5 Å². The van der Waals surface area contributed by atoms with Gasteiger partial charge >= 0.3 is 0 Å². The molecule has 0 radical (unpaired) electrons. The van der Waals surface area contributed by atoms with Crippen molar-refractivity contribution in [1.29, 1.82) is 0 Å². The van der Waals surface area contributed by atoms with Crippen LogP contribution in [0.25, 0.3) is 78.0 Å². The highest BCUT2D eigenvalue weighted by Gasteiger charge is 2.30. The van der Waals surface area contributed by atoms with Crippen LogP contribution in [0.2, 0.25) is 0 Å². The smallest absolute Gasteiger partial charge is 0.238 e. The second-order valence-corrected chi connectivity index (χ2v) is 12.6. The van der Waals surface area contributed by atoms with Gasteiger partial charge in [0.15, 0.2) is 11.6 Å². The highest BCUT2D eigenvalue weighted by Crippen LogP contribution is 2.50. The van der Waals surface area contributed by atoms with Gasteiger partial charge in [-0.25, -0.2) is 9.97 Å². The molecule has 9 aromatic rings. The minimum atomic E-state index is 0.515. The van der Waals surface area contributed by atoms with Gasteiger partial charge < -0.3 is 0 Å². The van der Waals surface area contributed by atoms with E-state index in [-0.39, 0.29) is 0 Å². The Morgan fingerprint density at radius 1 is 0.392 bits per heavy atom. The van der Waals surface area contributed by atoms with Gasteiger partial charge in [-0.1, -0.05) is 133 Å². The number of rotatable bonds is 5. The number of hydrogen-bond donors (Lipinski definition) is 0. The lowest BCUT2D eigenvalue weighted by molar-refractivity contribution is 1.02. The van der Waals surface area contributed by atoms with E-state index in [0.29, 0.717) is 17.6 Å². The van der Waals surface area contributed by atoms with Crippen LogP contribution >= 0.6 is 0 Å². The summed E-state index contributed by atoms with van der Waals surface area (Å²) in [6.07, 6.45) is 3.86. The van der Waals surface area contributed by atoms with Crippen molar-refractivity contribution in [3.8, 4) is 56.3 Å². The predicted molar refractivity (Wildman–Crippen MR) is 206 cm³/mol. The van der Waals surface area contributed by atoms with Crippen LogP contribution in [-0.4, -0.2) is 24.9 Å². The molecule has 0 N–H and O–H groups in total. The van der Waals surface area contributed by atoms with Crippen molar-refractivity contribution < 1.29 is 0 Å². The normalized spacial score (nSPS) is 11.9. The van der Waals surface area contributed by atoms with Gasteiger partial charge in [0.2, 0.25) is 5.95 Å². The maximum absolute atomic E-state index is 5.33. The predicted octanol–water partition coefficient (Wildman–Crippen LogP) is 11.1. The van der Waals surface area contributed by atoms with Crippen molar-refractivity contribution in [1.82, 2.24) is 24.9 Å². The number of fused-ring (bicyclic) bond motifs is 4. The molecule has 0 saturated heterocycles. The zero-order valence-electron chi connectivity index (χ0n) is 27.3. The lowest BCUT2D eigenvalue weighted by Crippen LogP contribution is -2.19. The number of anilines is 3. The van der Waals surface area contributed by atoms with Gasteiger partial charge in [-0.15, -0.1) is 0 Å². The van der Waals surface area contributed by atoms with Crippen LogP contribution < -0.4 is 4.90 Å². The van der Waals surface area contributed by atoms with Crippen molar-refractivity contribution in [3.05, 3.63) is 170 Å². The van der Waals surface area contributed by atoms with E-state index in [2.05, 4.69) is 89.8 Å². The Labute approximate surface area is 294 Å². The second-order valence-electron chi connectivity index (χ2n) is 12.6. The first-order valence-corrected chi connectivity index (χ1v) is 16.9. The maximum Gasteiger partial charge on any atom is 0.238 e. The SMILES string of the molecule is c1ccc(-c2cccc(-c3ccc4nc5c6c(cncc6c4c3)N(c3nc(-c4ccccc4)nc(-c4ccccc4)n3)c3ccccc3-5)c2)cc1. The molecule has 0 unspecified atom stereocenters. The number of para-hydroxylation sites is 1. The summed E-state index contributed by atoms with van der Waals surface area (Å²) in [5, 5.41) is 3.07. The molecule has 0 saturated carbocycles.